The molecule has 0 bridgehead atoms. The Morgan fingerprint density at radius 3 is 2.60 bits per heavy atom. The molecule has 2 N–H and O–H groups in total. The van der Waals surface area contributed by atoms with E-state index < -0.39 is 0 Å². The number of ether oxygens (including phenoxy) is 2. The molecule has 0 aliphatic carbocycles. The minimum atomic E-state index is -0.190. The average molecular weight is 383 g/mol. The van der Waals surface area contributed by atoms with Crippen molar-refractivity contribution in [1.29, 1.82) is 0 Å². The van der Waals surface area contributed by atoms with E-state index in [-0.39, 0.29) is 18.2 Å². The van der Waals surface area contributed by atoms with Gasteiger partial charge in [-0.2, -0.15) is 11.3 Å². The molecule has 1 aromatic carbocycles. The van der Waals surface area contributed by atoms with E-state index in [2.05, 4.69) is 10.6 Å². The second kappa shape index (κ2) is 9.29. The van der Waals surface area contributed by atoms with Gasteiger partial charge in [-0.1, -0.05) is 11.6 Å². The quantitative estimate of drug-likeness (QED) is 0.684. The van der Waals surface area contributed by atoms with Gasteiger partial charge in [0.25, 0.3) is 5.91 Å². The van der Waals surface area contributed by atoms with Crippen molar-refractivity contribution in [2.45, 2.75) is 12.8 Å². The molecule has 0 unspecified atom stereocenters. The van der Waals surface area contributed by atoms with Crippen LogP contribution in [0.1, 0.15) is 23.2 Å². The maximum Gasteiger partial charge on any atom is 0.252 e. The number of rotatable bonds is 8. The monoisotopic (exact) mass is 382 g/mol. The van der Waals surface area contributed by atoms with Crippen molar-refractivity contribution in [1.82, 2.24) is 5.32 Å². The summed E-state index contributed by atoms with van der Waals surface area (Å²) in [6.45, 7) is 0.419. The van der Waals surface area contributed by atoms with Crippen LogP contribution in [0.3, 0.4) is 0 Å². The molecular weight excluding hydrogens is 364 g/mol. The van der Waals surface area contributed by atoms with Crippen LogP contribution < -0.4 is 20.1 Å². The lowest BCUT2D eigenvalue weighted by molar-refractivity contribution is -0.116. The van der Waals surface area contributed by atoms with E-state index in [1.54, 1.807) is 23.6 Å². The molecular formula is C17H19ClN2O4S. The molecule has 0 radical (unpaired) electrons. The molecule has 2 amide bonds. The first-order chi connectivity index (χ1) is 12.0. The molecule has 0 aliphatic rings. The van der Waals surface area contributed by atoms with Gasteiger partial charge in [-0.3, -0.25) is 9.59 Å². The van der Waals surface area contributed by atoms with Crippen LogP contribution in [0.2, 0.25) is 5.02 Å². The number of halogens is 1. The molecule has 0 spiro atoms. The number of methoxy groups -OCH3 is 2. The SMILES string of the molecule is COc1cc(OC)c(NC(=O)CCCNC(=O)c2ccsc2)cc1Cl. The molecule has 6 nitrogen and oxygen atoms in total. The first-order valence-electron chi connectivity index (χ1n) is 7.57. The Morgan fingerprint density at radius 2 is 1.96 bits per heavy atom. The number of nitrogens with one attached hydrogen (secondary N) is 2. The van der Waals surface area contributed by atoms with Crippen LogP contribution in [0.5, 0.6) is 11.5 Å². The number of thiophene rings is 1. The van der Waals surface area contributed by atoms with Crippen molar-refractivity contribution >= 4 is 40.4 Å². The van der Waals surface area contributed by atoms with Gasteiger partial charge in [0.1, 0.15) is 11.5 Å². The summed E-state index contributed by atoms with van der Waals surface area (Å²) in [6, 6.07) is 4.95. The topological polar surface area (TPSA) is 76.7 Å². The molecule has 1 aromatic heterocycles. The molecule has 2 rings (SSSR count). The third kappa shape index (κ3) is 5.37. The second-order valence-corrected chi connectivity index (χ2v) is 6.29. The molecule has 0 saturated heterocycles. The van der Waals surface area contributed by atoms with Gasteiger partial charge in [0.15, 0.2) is 0 Å². The van der Waals surface area contributed by atoms with Crippen molar-refractivity contribution in [3.63, 3.8) is 0 Å². The maximum atomic E-state index is 12.1. The van der Waals surface area contributed by atoms with Gasteiger partial charge in [-0.25, -0.2) is 0 Å². The minimum absolute atomic E-state index is 0.134. The summed E-state index contributed by atoms with van der Waals surface area (Å²) in [5.41, 5.74) is 1.10. The zero-order valence-electron chi connectivity index (χ0n) is 13.9. The summed E-state index contributed by atoms with van der Waals surface area (Å²) in [5, 5.41) is 9.53. The van der Waals surface area contributed by atoms with Gasteiger partial charge in [-0.05, 0) is 23.9 Å². The highest BCUT2D eigenvalue weighted by atomic mass is 35.5. The number of amides is 2. The normalized spacial score (nSPS) is 10.2. The largest absolute Gasteiger partial charge is 0.495 e. The van der Waals surface area contributed by atoms with E-state index in [4.69, 9.17) is 21.1 Å². The summed E-state index contributed by atoms with van der Waals surface area (Å²) in [4.78, 5) is 23.8. The Hall–Kier alpha value is -2.25. The fourth-order valence-electron chi connectivity index (χ4n) is 2.12. The van der Waals surface area contributed by atoms with Crippen LogP contribution in [-0.4, -0.2) is 32.6 Å². The van der Waals surface area contributed by atoms with Crippen LogP contribution in [-0.2, 0) is 4.79 Å². The molecule has 2 aromatic rings. The van der Waals surface area contributed by atoms with E-state index in [9.17, 15) is 9.59 Å². The second-order valence-electron chi connectivity index (χ2n) is 5.11. The zero-order chi connectivity index (χ0) is 18.2. The average Bonchev–Trinajstić information content (AvgIpc) is 3.13. The number of anilines is 1. The zero-order valence-corrected chi connectivity index (χ0v) is 15.5. The number of hydrogen-bond acceptors (Lipinski definition) is 5. The Bertz CT molecular complexity index is 734. The van der Waals surface area contributed by atoms with Gasteiger partial charge in [-0.15, -0.1) is 0 Å². The molecule has 0 fully saturated rings. The number of hydrogen-bond donors (Lipinski definition) is 2. The van der Waals surface area contributed by atoms with Crippen LogP contribution >= 0.6 is 22.9 Å². The van der Waals surface area contributed by atoms with Gasteiger partial charge >= 0.3 is 0 Å². The highest BCUT2D eigenvalue weighted by Crippen LogP contribution is 2.35. The highest BCUT2D eigenvalue weighted by molar-refractivity contribution is 7.08. The maximum absolute atomic E-state index is 12.1. The van der Waals surface area contributed by atoms with E-state index in [1.165, 1.54) is 25.6 Å². The van der Waals surface area contributed by atoms with Crippen molar-refractivity contribution in [2.75, 3.05) is 26.1 Å². The Balaban J connectivity index is 1.82. The Labute approximate surface area is 155 Å². The lowest BCUT2D eigenvalue weighted by atomic mass is 10.2. The smallest absolute Gasteiger partial charge is 0.252 e. The van der Waals surface area contributed by atoms with Gasteiger partial charge < -0.3 is 20.1 Å². The first-order valence-corrected chi connectivity index (χ1v) is 8.89. The van der Waals surface area contributed by atoms with Crippen LogP contribution in [0.25, 0.3) is 0 Å². The summed E-state index contributed by atoms with van der Waals surface area (Å²) in [7, 11) is 3.00. The first kappa shape index (κ1) is 19.1. The predicted octanol–water partition coefficient (Wildman–Crippen LogP) is 3.57. The van der Waals surface area contributed by atoms with E-state index in [1.807, 2.05) is 5.38 Å². The van der Waals surface area contributed by atoms with E-state index >= 15 is 0 Å². The molecule has 0 atom stereocenters. The third-order valence-corrected chi connectivity index (χ3v) is 4.38. The summed E-state index contributed by atoms with van der Waals surface area (Å²) < 4.78 is 10.3. The third-order valence-electron chi connectivity index (χ3n) is 3.40. The molecule has 0 aliphatic heterocycles. The molecule has 25 heavy (non-hydrogen) atoms. The van der Waals surface area contributed by atoms with Crippen molar-refractivity contribution < 1.29 is 19.1 Å². The molecule has 134 valence electrons. The summed E-state index contributed by atoms with van der Waals surface area (Å²) >= 11 is 7.54. The van der Waals surface area contributed by atoms with Crippen LogP contribution in [0.4, 0.5) is 5.69 Å². The molecule has 8 heteroatoms. The van der Waals surface area contributed by atoms with Gasteiger partial charge in [0.2, 0.25) is 5.91 Å². The standard InChI is InChI=1S/C17H19ClN2O4S/c1-23-14-9-15(24-2)13(8-12(14)18)20-16(21)4-3-6-19-17(22)11-5-7-25-10-11/h5,7-10H,3-4,6H2,1-2H3,(H,19,22)(H,20,21). The number of carbonyl (C=O) groups is 2. The fraction of sp³-hybridized carbons (Fsp3) is 0.294. The summed E-state index contributed by atoms with van der Waals surface area (Å²) in [5.74, 6) is 0.600. The van der Waals surface area contributed by atoms with Crippen molar-refractivity contribution in [3.05, 3.63) is 39.5 Å². The lowest BCUT2D eigenvalue weighted by Gasteiger charge is -2.13. The lowest BCUT2D eigenvalue weighted by Crippen LogP contribution is -2.25. The van der Waals surface area contributed by atoms with Crippen LogP contribution in [0, 0.1) is 0 Å². The summed E-state index contributed by atoms with van der Waals surface area (Å²) in [6.07, 6.45) is 0.782. The van der Waals surface area contributed by atoms with Gasteiger partial charge in [0.05, 0.1) is 24.9 Å². The highest BCUT2D eigenvalue weighted by Gasteiger charge is 2.12. The Kier molecular flexibility index (Phi) is 7.09. The molecule has 0 saturated carbocycles. The van der Waals surface area contributed by atoms with E-state index in [0.29, 0.717) is 40.7 Å². The number of carbonyl (C=O) groups excluding carboxylic acids is 2. The molecule has 1 heterocycles. The van der Waals surface area contributed by atoms with Crippen molar-refractivity contribution in [3.8, 4) is 11.5 Å². The fourth-order valence-corrected chi connectivity index (χ4v) is 2.99. The van der Waals surface area contributed by atoms with Gasteiger partial charge in [0, 0.05) is 30.0 Å². The van der Waals surface area contributed by atoms with E-state index in [0.717, 1.165) is 0 Å². The van der Waals surface area contributed by atoms with Crippen molar-refractivity contribution in [2.24, 2.45) is 0 Å². The predicted molar refractivity (Wildman–Crippen MR) is 99.1 cm³/mol. The Morgan fingerprint density at radius 1 is 1.20 bits per heavy atom. The van der Waals surface area contributed by atoms with Crippen LogP contribution in [0.15, 0.2) is 29.0 Å². The minimum Gasteiger partial charge on any atom is -0.495 e. The number of benzene rings is 1.